The smallest absolute Gasteiger partial charge is 0.0223 e. The van der Waals surface area contributed by atoms with Gasteiger partial charge < -0.3 is 0 Å². The van der Waals surface area contributed by atoms with Crippen molar-refractivity contribution in [2.24, 2.45) is 0 Å². The Hall–Kier alpha value is 0.770. The Morgan fingerprint density at radius 3 is 2.00 bits per heavy atom. The summed E-state index contributed by atoms with van der Waals surface area (Å²) >= 11 is 5.38. The van der Waals surface area contributed by atoms with Gasteiger partial charge in [0.2, 0.25) is 0 Å². The van der Waals surface area contributed by atoms with Crippen LogP contribution in [0, 0.1) is 0 Å². The Labute approximate surface area is 61.0 Å². The summed E-state index contributed by atoms with van der Waals surface area (Å²) in [6.07, 6.45) is 3.73. The quantitative estimate of drug-likeness (QED) is 0.471. The topological polar surface area (TPSA) is 0 Å². The van der Waals surface area contributed by atoms with Gasteiger partial charge >= 0.3 is 0 Å². The Kier molecular flexibility index (Phi) is 15.1. The second kappa shape index (κ2) is 9.91. The van der Waals surface area contributed by atoms with Gasteiger partial charge in [-0.2, -0.15) is 0 Å². The van der Waals surface area contributed by atoms with E-state index in [4.69, 9.17) is 11.6 Å². The van der Waals surface area contributed by atoms with Crippen molar-refractivity contribution in [1.82, 2.24) is 0 Å². The lowest BCUT2D eigenvalue weighted by molar-refractivity contribution is 0.776. The molecule has 0 aromatic rings. The maximum absolute atomic E-state index is 5.38. The van der Waals surface area contributed by atoms with Crippen LogP contribution in [-0.2, 0) is 0 Å². The molecule has 7 heavy (non-hydrogen) atoms. The van der Waals surface area contributed by atoms with E-state index in [1.54, 1.807) is 0 Å². The third-order valence-electron chi connectivity index (χ3n) is 0.737. The summed E-state index contributed by atoms with van der Waals surface area (Å²) in [5.74, 6) is 0.827. The fraction of sp³-hybridized carbons (Fsp3) is 1.00. The van der Waals surface area contributed by atoms with Crippen molar-refractivity contribution in [3.63, 3.8) is 0 Å². The molecule has 0 atom stereocenters. The van der Waals surface area contributed by atoms with Crippen LogP contribution in [0.25, 0.3) is 0 Å². The molecule has 0 aromatic carbocycles. The highest BCUT2D eigenvalue weighted by molar-refractivity contribution is 8.93. The van der Waals surface area contributed by atoms with Crippen LogP contribution < -0.4 is 0 Å². The van der Waals surface area contributed by atoms with Crippen LogP contribution >= 0.6 is 28.6 Å². The molecule has 0 rings (SSSR count). The van der Waals surface area contributed by atoms with E-state index in [1.165, 1.54) is 19.3 Å². The second-order valence-electron chi connectivity index (χ2n) is 1.40. The molecule has 2 heteroatoms. The second-order valence-corrected chi connectivity index (χ2v) is 1.77. The molecule has 0 radical (unpaired) electrons. The van der Waals surface area contributed by atoms with Crippen LogP contribution in [0.4, 0.5) is 0 Å². The minimum Gasteiger partial charge on any atom is -0.127 e. The highest BCUT2D eigenvalue weighted by atomic mass is 79.9. The fourth-order valence-corrected chi connectivity index (χ4v) is 0.533. The number of hydrogen-bond acceptors (Lipinski definition) is 0. The molecule has 0 aliphatic rings. The summed E-state index contributed by atoms with van der Waals surface area (Å²) in [5, 5.41) is 0. The number of unbranched alkanes of at least 4 members (excludes halogenated alkanes) is 2. The molecule has 0 N–H and O–H groups in total. The van der Waals surface area contributed by atoms with E-state index >= 15 is 0 Å². The van der Waals surface area contributed by atoms with Crippen molar-refractivity contribution in [2.45, 2.75) is 26.2 Å². The summed E-state index contributed by atoms with van der Waals surface area (Å²) in [5.41, 5.74) is 0. The molecule has 0 bridgehead atoms. The Morgan fingerprint density at radius 1 is 1.29 bits per heavy atom. The van der Waals surface area contributed by atoms with Gasteiger partial charge in [-0.3, -0.25) is 0 Å². The van der Waals surface area contributed by atoms with E-state index < -0.39 is 0 Å². The molecule has 0 aliphatic carbocycles. The summed E-state index contributed by atoms with van der Waals surface area (Å²) in [7, 11) is 0. The Balaban J connectivity index is 0. The van der Waals surface area contributed by atoms with Gasteiger partial charge in [-0.15, -0.1) is 28.6 Å². The highest BCUT2D eigenvalue weighted by Gasteiger charge is 1.76. The average molecular weight is 188 g/mol. The van der Waals surface area contributed by atoms with Crippen molar-refractivity contribution >= 4 is 28.6 Å². The van der Waals surface area contributed by atoms with Gasteiger partial charge in [-0.1, -0.05) is 19.8 Å². The van der Waals surface area contributed by atoms with E-state index in [-0.39, 0.29) is 17.0 Å². The third-order valence-corrected chi connectivity index (χ3v) is 1.00. The molecule has 0 fully saturated rings. The standard InChI is InChI=1S/C5H11Cl.BrH/c1-2-3-4-5-6;/h2-5H2,1H3;1H. The third kappa shape index (κ3) is 10.8. The molecular weight excluding hydrogens is 175 g/mol. The van der Waals surface area contributed by atoms with Gasteiger partial charge in [-0.05, 0) is 6.42 Å². The van der Waals surface area contributed by atoms with E-state index in [2.05, 4.69) is 6.92 Å². The Bertz CT molecular complexity index is 20.0. The summed E-state index contributed by atoms with van der Waals surface area (Å²) < 4.78 is 0. The zero-order valence-electron chi connectivity index (χ0n) is 4.61. The summed E-state index contributed by atoms with van der Waals surface area (Å²) in [6, 6.07) is 0. The molecule has 0 heterocycles. The van der Waals surface area contributed by atoms with Gasteiger partial charge in [0.25, 0.3) is 0 Å². The molecule has 0 amide bonds. The maximum atomic E-state index is 5.38. The van der Waals surface area contributed by atoms with Gasteiger partial charge in [-0.25, -0.2) is 0 Å². The SMILES string of the molecule is Br.CCCCCCl. The minimum absolute atomic E-state index is 0. The monoisotopic (exact) mass is 186 g/mol. The van der Waals surface area contributed by atoms with Crippen molar-refractivity contribution in [1.29, 1.82) is 0 Å². The number of halogens is 2. The van der Waals surface area contributed by atoms with Crippen LogP contribution in [0.2, 0.25) is 0 Å². The van der Waals surface area contributed by atoms with Gasteiger partial charge in [0.05, 0.1) is 0 Å². The van der Waals surface area contributed by atoms with E-state index in [0.29, 0.717) is 0 Å². The van der Waals surface area contributed by atoms with Crippen molar-refractivity contribution in [3.8, 4) is 0 Å². The van der Waals surface area contributed by atoms with Crippen LogP contribution in [0.15, 0.2) is 0 Å². The maximum Gasteiger partial charge on any atom is 0.0223 e. The average Bonchev–Trinajstić information content (AvgIpc) is 1.61. The van der Waals surface area contributed by atoms with Crippen LogP contribution in [0.1, 0.15) is 26.2 Å². The van der Waals surface area contributed by atoms with E-state index in [1.807, 2.05) is 0 Å². The first-order valence-corrected chi connectivity index (χ1v) is 3.01. The number of rotatable bonds is 3. The first-order chi connectivity index (χ1) is 2.91. The van der Waals surface area contributed by atoms with Crippen molar-refractivity contribution < 1.29 is 0 Å². The lowest BCUT2D eigenvalue weighted by atomic mass is 10.3. The van der Waals surface area contributed by atoms with E-state index in [9.17, 15) is 0 Å². The summed E-state index contributed by atoms with van der Waals surface area (Å²) in [4.78, 5) is 0. The predicted molar refractivity (Wildman–Crippen MR) is 40.6 cm³/mol. The molecule has 0 aliphatic heterocycles. The normalized spacial score (nSPS) is 7.71. The van der Waals surface area contributed by atoms with Crippen molar-refractivity contribution in [3.05, 3.63) is 0 Å². The summed E-state index contributed by atoms with van der Waals surface area (Å²) in [6.45, 7) is 2.17. The largest absolute Gasteiger partial charge is 0.127 e. The Morgan fingerprint density at radius 2 is 1.86 bits per heavy atom. The molecular formula is C5H12BrCl. The van der Waals surface area contributed by atoms with Crippen LogP contribution in [0.3, 0.4) is 0 Å². The molecule has 0 saturated carbocycles. The zero-order valence-corrected chi connectivity index (χ0v) is 7.08. The fourth-order valence-electron chi connectivity index (χ4n) is 0.344. The number of alkyl halides is 1. The predicted octanol–water partition coefficient (Wildman–Crippen LogP) is 2.99. The lowest BCUT2D eigenvalue weighted by Crippen LogP contribution is -1.70. The molecule has 0 spiro atoms. The van der Waals surface area contributed by atoms with Crippen molar-refractivity contribution in [2.75, 3.05) is 5.88 Å². The lowest BCUT2D eigenvalue weighted by Gasteiger charge is -1.84. The van der Waals surface area contributed by atoms with Gasteiger partial charge in [0.1, 0.15) is 0 Å². The minimum atomic E-state index is 0. The molecule has 0 saturated heterocycles. The first-order valence-electron chi connectivity index (χ1n) is 2.47. The molecule has 46 valence electrons. The molecule has 0 aromatic heterocycles. The molecule has 0 nitrogen and oxygen atoms in total. The van der Waals surface area contributed by atoms with Gasteiger partial charge in [0.15, 0.2) is 0 Å². The first kappa shape index (κ1) is 10.7. The van der Waals surface area contributed by atoms with E-state index in [0.717, 1.165) is 5.88 Å². The van der Waals surface area contributed by atoms with Crippen LogP contribution in [-0.4, -0.2) is 5.88 Å². The number of hydrogen-bond donors (Lipinski definition) is 0. The molecule has 0 unspecified atom stereocenters. The zero-order chi connectivity index (χ0) is 4.83. The highest BCUT2D eigenvalue weighted by Crippen LogP contribution is 1.93. The van der Waals surface area contributed by atoms with Crippen LogP contribution in [0.5, 0.6) is 0 Å². The van der Waals surface area contributed by atoms with Gasteiger partial charge in [0, 0.05) is 5.88 Å².